The molecule has 0 unspecified atom stereocenters. The minimum absolute atomic E-state index is 0.0553. The number of thiophene rings is 1. The van der Waals surface area contributed by atoms with Crippen molar-refractivity contribution in [1.29, 1.82) is 0 Å². The van der Waals surface area contributed by atoms with Crippen molar-refractivity contribution in [2.24, 2.45) is 0 Å². The average molecular weight is 502 g/mol. The number of para-hydroxylation sites is 2. The van der Waals surface area contributed by atoms with Crippen molar-refractivity contribution in [3.8, 4) is 5.75 Å². The van der Waals surface area contributed by atoms with Crippen molar-refractivity contribution in [3.63, 3.8) is 0 Å². The Morgan fingerprint density at radius 2 is 1.82 bits per heavy atom. The number of morpholine rings is 1. The molecule has 0 radical (unpaired) electrons. The quantitative estimate of drug-likeness (QED) is 0.467. The number of amides is 1. The number of hydrogen-bond acceptors (Lipinski definition) is 7. The topological polar surface area (TPSA) is 97.0 Å². The van der Waals surface area contributed by atoms with Crippen LogP contribution < -0.4 is 14.8 Å². The summed E-state index contributed by atoms with van der Waals surface area (Å²) in [5.74, 6) is 0.166. The number of hydrogen-bond donors (Lipinski definition) is 2. The summed E-state index contributed by atoms with van der Waals surface area (Å²) in [6, 6.07) is 16.8. The van der Waals surface area contributed by atoms with Crippen LogP contribution in [0.2, 0.25) is 0 Å². The maximum atomic E-state index is 12.8. The van der Waals surface area contributed by atoms with Gasteiger partial charge in [-0.25, -0.2) is 8.42 Å². The summed E-state index contributed by atoms with van der Waals surface area (Å²) in [6.07, 6.45) is 0. The summed E-state index contributed by atoms with van der Waals surface area (Å²) in [5, 5.41) is 5.03. The molecule has 180 valence electrons. The molecule has 34 heavy (non-hydrogen) atoms. The van der Waals surface area contributed by atoms with E-state index < -0.39 is 10.0 Å². The second-order valence-corrected chi connectivity index (χ2v) is 10.4. The number of carbonyl (C=O) groups excluding carboxylic acids is 1. The van der Waals surface area contributed by atoms with Gasteiger partial charge in [-0.15, -0.1) is 11.3 Å². The van der Waals surface area contributed by atoms with Crippen LogP contribution in [0.3, 0.4) is 0 Å². The molecule has 2 heterocycles. The molecule has 4 rings (SSSR count). The Labute approximate surface area is 203 Å². The highest BCUT2D eigenvalue weighted by Crippen LogP contribution is 2.27. The average Bonchev–Trinajstić information content (AvgIpc) is 3.39. The van der Waals surface area contributed by atoms with Crippen molar-refractivity contribution in [2.45, 2.75) is 10.9 Å². The van der Waals surface area contributed by atoms with Gasteiger partial charge in [0.2, 0.25) is 0 Å². The molecule has 1 fully saturated rings. The number of methoxy groups -OCH3 is 1. The molecule has 1 aliphatic rings. The molecule has 3 aromatic rings. The maximum Gasteiger partial charge on any atom is 0.262 e. The number of ether oxygens (including phenoxy) is 2. The first-order valence-corrected chi connectivity index (χ1v) is 13.2. The van der Waals surface area contributed by atoms with Gasteiger partial charge in [-0.3, -0.25) is 14.4 Å². The third-order valence-corrected chi connectivity index (χ3v) is 7.95. The Hall–Kier alpha value is -2.92. The molecule has 0 saturated carbocycles. The molecule has 1 saturated heterocycles. The lowest BCUT2D eigenvalue weighted by molar-refractivity contribution is 0.0169. The van der Waals surface area contributed by atoms with E-state index in [9.17, 15) is 13.2 Å². The van der Waals surface area contributed by atoms with E-state index in [1.165, 1.54) is 36.3 Å². The molecule has 0 spiro atoms. The zero-order valence-corrected chi connectivity index (χ0v) is 20.4. The standard InChI is InChI=1S/C24H27N3O5S2/c1-31-22-6-3-2-5-20(22)26-34(29,30)19-10-8-18(9-11-19)24(28)25-17-21(23-7-4-16-33-23)27-12-14-32-15-13-27/h2-11,16,21,26H,12-15,17H2,1H3,(H,25,28)/t21-/m0/s1. The molecule has 2 N–H and O–H groups in total. The predicted molar refractivity (Wildman–Crippen MR) is 132 cm³/mol. The molecule has 0 bridgehead atoms. The van der Waals surface area contributed by atoms with E-state index in [0.29, 0.717) is 36.8 Å². The molecule has 2 aromatic carbocycles. The molecule has 8 nitrogen and oxygen atoms in total. The molecule has 1 amide bonds. The lowest BCUT2D eigenvalue weighted by Gasteiger charge is -2.34. The second-order valence-electron chi connectivity index (χ2n) is 7.72. The number of nitrogens with zero attached hydrogens (tertiary/aromatic N) is 1. The van der Waals surface area contributed by atoms with Crippen LogP contribution in [0, 0.1) is 0 Å². The van der Waals surface area contributed by atoms with Gasteiger partial charge in [0.1, 0.15) is 5.75 Å². The Morgan fingerprint density at radius 1 is 1.09 bits per heavy atom. The van der Waals surface area contributed by atoms with E-state index in [2.05, 4.69) is 21.0 Å². The maximum absolute atomic E-state index is 12.8. The van der Waals surface area contributed by atoms with Gasteiger partial charge in [0.15, 0.2) is 0 Å². The molecule has 1 aliphatic heterocycles. The summed E-state index contributed by atoms with van der Waals surface area (Å²) in [5.41, 5.74) is 0.734. The SMILES string of the molecule is COc1ccccc1NS(=O)(=O)c1ccc(C(=O)NC[C@@H](c2cccs2)N2CCOCC2)cc1. The van der Waals surface area contributed by atoms with Gasteiger partial charge in [0.05, 0.1) is 36.9 Å². The summed E-state index contributed by atoms with van der Waals surface area (Å²) in [7, 11) is -2.36. The Bertz CT molecular complexity index is 1190. The van der Waals surface area contributed by atoms with Gasteiger partial charge in [-0.05, 0) is 47.8 Å². The Balaban J connectivity index is 1.42. The van der Waals surface area contributed by atoms with Crippen LogP contribution in [0.15, 0.2) is 70.9 Å². The van der Waals surface area contributed by atoms with E-state index >= 15 is 0 Å². The van der Waals surface area contributed by atoms with Gasteiger partial charge in [0.25, 0.3) is 15.9 Å². The number of rotatable bonds is 9. The lowest BCUT2D eigenvalue weighted by atomic mass is 10.1. The first-order valence-electron chi connectivity index (χ1n) is 10.9. The monoisotopic (exact) mass is 501 g/mol. The molecular formula is C24H27N3O5S2. The fourth-order valence-electron chi connectivity index (χ4n) is 3.79. The number of carbonyl (C=O) groups is 1. The van der Waals surface area contributed by atoms with Crippen molar-refractivity contribution in [3.05, 3.63) is 76.5 Å². The minimum atomic E-state index is -3.84. The first kappa shape index (κ1) is 24.2. The fourth-order valence-corrected chi connectivity index (χ4v) is 5.72. The van der Waals surface area contributed by atoms with Crippen molar-refractivity contribution in [2.75, 3.05) is 44.7 Å². The highest BCUT2D eigenvalue weighted by atomic mass is 32.2. The molecule has 0 aliphatic carbocycles. The Kier molecular flexibility index (Phi) is 7.84. The van der Waals surface area contributed by atoms with Gasteiger partial charge in [-0.1, -0.05) is 18.2 Å². The molecule has 1 aromatic heterocycles. The lowest BCUT2D eigenvalue weighted by Crippen LogP contribution is -2.43. The highest BCUT2D eigenvalue weighted by Gasteiger charge is 2.24. The van der Waals surface area contributed by atoms with Crippen LogP contribution in [-0.4, -0.2) is 59.2 Å². The van der Waals surface area contributed by atoms with Crippen molar-refractivity contribution in [1.82, 2.24) is 10.2 Å². The number of benzene rings is 2. The highest BCUT2D eigenvalue weighted by molar-refractivity contribution is 7.92. The van der Waals surface area contributed by atoms with E-state index in [1.54, 1.807) is 35.6 Å². The zero-order chi connectivity index (χ0) is 24.0. The number of sulfonamides is 1. The van der Waals surface area contributed by atoms with Crippen LogP contribution in [0.5, 0.6) is 5.75 Å². The van der Waals surface area contributed by atoms with Crippen molar-refractivity contribution < 1.29 is 22.7 Å². The normalized spacial score (nSPS) is 15.4. The van der Waals surface area contributed by atoms with Crippen LogP contribution >= 0.6 is 11.3 Å². The smallest absolute Gasteiger partial charge is 0.262 e. The summed E-state index contributed by atoms with van der Waals surface area (Å²) < 4.78 is 38.8. The van der Waals surface area contributed by atoms with Crippen LogP contribution in [0.25, 0.3) is 0 Å². The zero-order valence-electron chi connectivity index (χ0n) is 18.8. The number of anilines is 1. The Morgan fingerprint density at radius 3 is 2.50 bits per heavy atom. The summed E-state index contributed by atoms with van der Waals surface area (Å²) >= 11 is 1.66. The van der Waals surface area contributed by atoms with E-state index in [4.69, 9.17) is 9.47 Å². The fraction of sp³-hybridized carbons (Fsp3) is 0.292. The van der Waals surface area contributed by atoms with E-state index in [0.717, 1.165) is 13.1 Å². The summed E-state index contributed by atoms with van der Waals surface area (Å²) in [4.78, 5) is 16.4. The van der Waals surface area contributed by atoms with Crippen LogP contribution in [-0.2, 0) is 14.8 Å². The van der Waals surface area contributed by atoms with E-state index in [-0.39, 0.29) is 16.8 Å². The van der Waals surface area contributed by atoms with Crippen LogP contribution in [0.1, 0.15) is 21.3 Å². The van der Waals surface area contributed by atoms with Crippen LogP contribution in [0.4, 0.5) is 5.69 Å². The van der Waals surface area contributed by atoms with Gasteiger partial charge < -0.3 is 14.8 Å². The molecule has 10 heteroatoms. The largest absolute Gasteiger partial charge is 0.495 e. The third-order valence-electron chi connectivity index (χ3n) is 5.59. The minimum Gasteiger partial charge on any atom is -0.495 e. The second kappa shape index (κ2) is 11.0. The van der Waals surface area contributed by atoms with Crippen molar-refractivity contribution >= 4 is 33.0 Å². The van der Waals surface area contributed by atoms with Gasteiger partial charge in [-0.2, -0.15) is 0 Å². The molecule has 1 atom stereocenters. The van der Waals surface area contributed by atoms with Gasteiger partial charge in [0, 0.05) is 30.1 Å². The first-order chi connectivity index (χ1) is 16.5. The predicted octanol–water partition coefficient (Wildman–Crippen LogP) is 3.36. The molecular weight excluding hydrogens is 474 g/mol. The third kappa shape index (κ3) is 5.76. The number of nitrogens with one attached hydrogen (secondary N) is 2. The van der Waals surface area contributed by atoms with E-state index in [1.807, 2.05) is 11.4 Å². The van der Waals surface area contributed by atoms with Gasteiger partial charge >= 0.3 is 0 Å². The summed E-state index contributed by atoms with van der Waals surface area (Å²) in [6.45, 7) is 3.42.